The van der Waals surface area contributed by atoms with Gasteiger partial charge < -0.3 is 0 Å². The van der Waals surface area contributed by atoms with Gasteiger partial charge in [0, 0.05) is 11.1 Å². The van der Waals surface area contributed by atoms with E-state index in [1.165, 1.54) is 6.08 Å². The number of thiocarbonyl (C=S) groups is 1. The van der Waals surface area contributed by atoms with Crippen molar-refractivity contribution < 1.29 is 9.59 Å². The van der Waals surface area contributed by atoms with Crippen molar-refractivity contribution in [3.8, 4) is 0 Å². The molecule has 0 aliphatic rings. The number of hydrazine groups is 1. The summed E-state index contributed by atoms with van der Waals surface area (Å²) in [5.41, 5.74) is 7.67. The molecule has 0 spiro atoms. The molecule has 3 N–H and O–H groups in total. The lowest BCUT2D eigenvalue weighted by Gasteiger charge is -2.18. The number of carbonyl (C=O) groups excluding carboxylic acids is 2. The predicted molar refractivity (Wildman–Crippen MR) is 127 cm³/mol. The summed E-state index contributed by atoms with van der Waals surface area (Å²) in [4.78, 5) is 25.0. The first-order valence-corrected chi connectivity index (χ1v) is 10.3. The molecule has 0 atom stereocenters. The Morgan fingerprint density at radius 2 is 1.35 bits per heavy atom. The third-order valence-electron chi connectivity index (χ3n) is 4.36. The molecule has 0 heterocycles. The Labute approximate surface area is 191 Å². The van der Waals surface area contributed by atoms with Gasteiger partial charge in [0.05, 0.1) is 5.92 Å². The second-order valence-corrected chi connectivity index (χ2v) is 7.42. The topological polar surface area (TPSA) is 70.2 Å². The Morgan fingerprint density at radius 1 is 0.806 bits per heavy atom. The van der Waals surface area contributed by atoms with Crippen LogP contribution in [-0.2, 0) is 9.59 Å². The average molecular weight is 450 g/mol. The standard InChI is InChI=1S/C24H20ClN3O2S/c25-20-14-11-17(12-15-20)13-16-21(29)26-24(31)28-27-23(30)22(18-7-3-1-4-8-18)19-9-5-2-6-10-19/h1-16,22H,(H,27,30)(H2,26,28,29,31)/b16-13+. The number of carbonyl (C=O) groups is 2. The van der Waals surface area contributed by atoms with Crippen LogP contribution in [0, 0.1) is 0 Å². The van der Waals surface area contributed by atoms with Crippen molar-refractivity contribution in [1.29, 1.82) is 0 Å². The highest BCUT2D eigenvalue weighted by atomic mass is 35.5. The number of nitrogens with one attached hydrogen (secondary N) is 3. The minimum atomic E-state index is -0.529. The van der Waals surface area contributed by atoms with Gasteiger partial charge in [-0.05, 0) is 47.1 Å². The van der Waals surface area contributed by atoms with E-state index < -0.39 is 11.8 Å². The van der Waals surface area contributed by atoms with Crippen molar-refractivity contribution in [2.75, 3.05) is 0 Å². The molecule has 31 heavy (non-hydrogen) atoms. The van der Waals surface area contributed by atoms with E-state index in [2.05, 4.69) is 16.2 Å². The Kier molecular flexibility index (Phi) is 7.92. The molecule has 0 aliphatic heterocycles. The van der Waals surface area contributed by atoms with Gasteiger partial charge >= 0.3 is 0 Å². The van der Waals surface area contributed by atoms with Crippen LogP contribution in [0.5, 0.6) is 0 Å². The molecule has 3 aromatic carbocycles. The van der Waals surface area contributed by atoms with E-state index in [4.69, 9.17) is 23.8 Å². The molecule has 3 aromatic rings. The minimum absolute atomic E-state index is 0.0148. The van der Waals surface area contributed by atoms with Gasteiger partial charge in [0.15, 0.2) is 5.11 Å². The van der Waals surface area contributed by atoms with Crippen molar-refractivity contribution in [2.45, 2.75) is 5.92 Å². The van der Waals surface area contributed by atoms with Crippen molar-refractivity contribution in [3.05, 3.63) is 113 Å². The average Bonchev–Trinajstić information content (AvgIpc) is 2.79. The molecule has 0 aromatic heterocycles. The van der Waals surface area contributed by atoms with Crippen LogP contribution in [0.4, 0.5) is 0 Å². The lowest BCUT2D eigenvalue weighted by molar-refractivity contribution is -0.122. The zero-order valence-electron chi connectivity index (χ0n) is 16.4. The normalized spacial score (nSPS) is 10.6. The highest BCUT2D eigenvalue weighted by molar-refractivity contribution is 7.80. The van der Waals surface area contributed by atoms with Gasteiger partial charge in [0.1, 0.15) is 0 Å². The van der Waals surface area contributed by atoms with Gasteiger partial charge in [-0.2, -0.15) is 0 Å². The highest BCUT2D eigenvalue weighted by Gasteiger charge is 2.22. The SMILES string of the molecule is O=C(/C=C/c1ccc(Cl)cc1)NC(=S)NNC(=O)C(c1ccccc1)c1ccccc1. The molecule has 0 aliphatic carbocycles. The molecule has 7 heteroatoms. The number of amides is 2. The van der Waals surface area contributed by atoms with Crippen molar-refractivity contribution in [2.24, 2.45) is 0 Å². The number of hydrogen-bond acceptors (Lipinski definition) is 3. The van der Waals surface area contributed by atoms with Gasteiger partial charge in [-0.25, -0.2) is 0 Å². The summed E-state index contributed by atoms with van der Waals surface area (Å²) in [5, 5.41) is 3.09. The third kappa shape index (κ3) is 6.77. The number of benzene rings is 3. The van der Waals surface area contributed by atoms with Crippen LogP contribution >= 0.6 is 23.8 Å². The van der Waals surface area contributed by atoms with Crippen molar-refractivity contribution in [3.63, 3.8) is 0 Å². The minimum Gasteiger partial charge on any atom is -0.298 e. The van der Waals surface area contributed by atoms with Crippen LogP contribution in [0.2, 0.25) is 5.02 Å². The summed E-state index contributed by atoms with van der Waals surface area (Å²) in [5.74, 6) is -1.26. The first-order valence-electron chi connectivity index (χ1n) is 9.47. The Bertz CT molecular complexity index is 1030. The van der Waals surface area contributed by atoms with E-state index in [0.717, 1.165) is 16.7 Å². The quantitative estimate of drug-likeness (QED) is 0.310. The highest BCUT2D eigenvalue weighted by Crippen LogP contribution is 2.24. The van der Waals surface area contributed by atoms with Gasteiger partial charge in [-0.15, -0.1) is 0 Å². The number of halogens is 1. The Morgan fingerprint density at radius 3 is 1.90 bits per heavy atom. The molecular formula is C24H20ClN3O2S. The second kappa shape index (κ2) is 11.1. The number of rotatable bonds is 5. The lowest BCUT2D eigenvalue weighted by Crippen LogP contribution is -2.49. The van der Waals surface area contributed by atoms with Crippen molar-refractivity contribution >= 4 is 46.8 Å². The van der Waals surface area contributed by atoms with Gasteiger partial charge in [0.25, 0.3) is 0 Å². The molecule has 0 fully saturated rings. The fourth-order valence-corrected chi connectivity index (χ4v) is 3.18. The lowest BCUT2D eigenvalue weighted by atomic mass is 9.91. The largest absolute Gasteiger partial charge is 0.298 e. The summed E-state index contributed by atoms with van der Waals surface area (Å²) in [6.07, 6.45) is 2.98. The molecule has 0 saturated heterocycles. The molecular weight excluding hydrogens is 430 g/mol. The second-order valence-electron chi connectivity index (χ2n) is 6.57. The zero-order valence-corrected chi connectivity index (χ0v) is 18.0. The molecule has 0 saturated carbocycles. The van der Waals surface area contributed by atoms with Gasteiger partial charge in [0.2, 0.25) is 11.8 Å². The Balaban J connectivity index is 1.58. The van der Waals surface area contributed by atoms with Crippen LogP contribution in [0.15, 0.2) is 91.0 Å². The summed E-state index contributed by atoms with van der Waals surface area (Å²) in [7, 11) is 0. The molecule has 0 bridgehead atoms. The van der Waals surface area contributed by atoms with Gasteiger partial charge in [-0.3, -0.25) is 25.8 Å². The molecule has 2 amide bonds. The smallest absolute Gasteiger partial charge is 0.250 e. The predicted octanol–water partition coefficient (Wildman–Crippen LogP) is 4.21. The maximum absolute atomic E-state index is 12.9. The summed E-state index contributed by atoms with van der Waals surface area (Å²) >= 11 is 10.9. The first-order chi connectivity index (χ1) is 15.0. The maximum Gasteiger partial charge on any atom is 0.250 e. The van der Waals surface area contributed by atoms with E-state index in [9.17, 15) is 9.59 Å². The molecule has 156 valence electrons. The molecule has 3 rings (SSSR count). The van der Waals surface area contributed by atoms with E-state index in [-0.39, 0.29) is 11.0 Å². The van der Waals surface area contributed by atoms with Crippen LogP contribution in [-0.4, -0.2) is 16.9 Å². The molecule has 5 nitrogen and oxygen atoms in total. The summed E-state index contributed by atoms with van der Waals surface area (Å²) < 4.78 is 0. The zero-order chi connectivity index (χ0) is 22.1. The van der Waals surface area contributed by atoms with Crippen LogP contribution in [0.1, 0.15) is 22.6 Å². The summed E-state index contributed by atoms with van der Waals surface area (Å²) in [6.45, 7) is 0. The molecule has 0 radical (unpaired) electrons. The fraction of sp³-hybridized carbons (Fsp3) is 0.0417. The third-order valence-corrected chi connectivity index (χ3v) is 4.82. The van der Waals surface area contributed by atoms with E-state index >= 15 is 0 Å². The summed E-state index contributed by atoms with van der Waals surface area (Å²) in [6, 6.07) is 25.9. The molecule has 0 unspecified atom stereocenters. The van der Waals surface area contributed by atoms with Gasteiger partial charge in [-0.1, -0.05) is 84.4 Å². The van der Waals surface area contributed by atoms with Crippen LogP contribution in [0.25, 0.3) is 6.08 Å². The van der Waals surface area contributed by atoms with Crippen molar-refractivity contribution in [1.82, 2.24) is 16.2 Å². The van der Waals surface area contributed by atoms with Crippen LogP contribution in [0.3, 0.4) is 0 Å². The number of hydrogen-bond donors (Lipinski definition) is 3. The van der Waals surface area contributed by atoms with E-state index in [1.54, 1.807) is 30.3 Å². The Hall–Kier alpha value is -3.48. The monoisotopic (exact) mass is 449 g/mol. The van der Waals surface area contributed by atoms with E-state index in [0.29, 0.717) is 5.02 Å². The first kappa shape index (κ1) is 22.2. The maximum atomic E-state index is 12.9. The van der Waals surface area contributed by atoms with E-state index in [1.807, 2.05) is 60.7 Å². The van der Waals surface area contributed by atoms with Crippen LogP contribution < -0.4 is 16.2 Å². The fourth-order valence-electron chi connectivity index (χ4n) is 2.91.